The molecule has 0 heterocycles. The van der Waals surface area contributed by atoms with Crippen LogP contribution in [-0.2, 0) is 14.3 Å². The Kier molecular flexibility index (Phi) is 6.56. The lowest BCUT2D eigenvalue weighted by molar-refractivity contribution is -0.384. The van der Waals surface area contributed by atoms with Gasteiger partial charge in [0.2, 0.25) is 0 Å². The molecule has 0 aliphatic rings. The third kappa shape index (κ3) is 5.78. The zero-order valence-electron chi connectivity index (χ0n) is 13.1. The highest BCUT2D eigenvalue weighted by molar-refractivity contribution is 9.10. The topological polar surface area (TPSA) is 98.5 Å². The minimum Gasteiger partial charge on any atom is -0.452 e. The van der Waals surface area contributed by atoms with Gasteiger partial charge in [0, 0.05) is 22.7 Å². The Morgan fingerprint density at radius 1 is 1.27 bits per heavy atom. The highest BCUT2D eigenvalue weighted by atomic mass is 79.9. The van der Waals surface area contributed by atoms with Gasteiger partial charge in [-0.2, -0.15) is 0 Å². The van der Waals surface area contributed by atoms with Crippen LogP contribution in [0.3, 0.4) is 0 Å². The first kappa shape index (κ1) is 19.3. The summed E-state index contributed by atoms with van der Waals surface area (Å²) in [5.74, 6) is -2.43. The Morgan fingerprint density at radius 2 is 2.04 bits per heavy atom. The smallest absolute Gasteiger partial charge is 0.331 e. The quantitative estimate of drug-likeness (QED) is 0.331. The standard InChI is InChI=1S/C17H12BrFN2O5/c18-12-3-1-2-11(8-12)4-7-17(23)26-10-16(22)20-15-9-13(21(24)25)5-6-14(15)19/h1-9H,10H2,(H,20,22)/b7-4+. The number of non-ortho nitro benzene ring substituents is 1. The summed E-state index contributed by atoms with van der Waals surface area (Å²) in [6.45, 7) is -0.663. The zero-order chi connectivity index (χ0) is 19.1. The molecule has 0 aromatic heterocycles. The second-order valence-corrected chi connectivity index (χ2v) is 5.88. The van der Waals surface area contributed by atoms with Gasteiger partial charge in [-0.15, -0.1) is 0 Å². The summed E-state index contributed by atoms with van der Waals surface area (Å²) < 4.78 is 19.2. The third-order valence-electron chi connectivity index (χ3n) is 3.04. The maximum Gasteiger partial charge on any atom is 0.331 e. The number of ether oxygens (including phenoxy) is 1. The van der Waals surface area contributed by atoms with Crippen LogP contribution in [0.25, 0.3) is 6.08 Å². The van der Waals surface area contributed by atoms with Gasteiger partial charge in [0.15, 0.2) is 6.61 Å². The molecule has 0 saturated heterocycles. The van der Waals surface area contributed by atoms with Gasteiger partial charge in [0.05, 0.1) is 10.6 Å². The molecule has 2 aromatic carbocycles. The number of benzene rings is 2. The predicted molar refractivity (Wildman–Crippen MR) is 95.8 cm³/mol. The number of hydrogen-bond acceptors (Lipinski definition) is 5. The van der Waals surface area contributed by atoms with Crippen molar-refractivity contribution in [3.8, 4) is 0 Å². The van der Waals surface area contributed by atoms with E-state index in [2.05, 4.69) is 21.2 Å². The molecule has 0 bridgehead atoms. The van der Waals surface area contributed by atoms with Crippen LogP contribution in [0.4, 0.5) is 15.8 Å². The Bertz CT molecular complexity index is 885. The van der Waals surface area contributed by atoms with Crippen molar-refractivity contribution in [1.82, 2.24) is 0 Å². The number of hydrogen-bond donors (Lipinski definition) is 1. The lowest BCUT2D eigenvalue weighted by Gasteiger charge is -2.06. The minimum absolute atomic E-state index is 0.370. The summed E-state index contributed by atoms with van der Waals surface area (Å²) in [5, 5.41) is 12.8. The van der Waals surface area contributed by atoms with Crippen LogP contribution in [0.2, 0.25) is 0 Å². The van der Waals surface area contributed by atoms with Gasteiger partial charge < -0.3 is 10.1 Å². The van der Waals surface area contributed by atoms with Crippen molar-refractivity contribution < 1.29 is 23.6 Å². The van der Waals surface area contributed by atoms with Crippen molar-refractivity contribution in [3.05, 3.63) is 74.5 Å². The average molecular weight is 423 g/mol. The monoisotopic (exact) mass is 422 g/mol. The van der Waals surface area contributed by atoms with Gasteiger partial charge in [-0.3, -0.25) is 14.9 Å². The van der Waals surface area contributed by atoms with E-state index in [0.717, 1.165) is 34.3 Å². The van der Waals surface area contributed by atoms with Gasteiger partial charge in [0.25, 0.3) is 11.6 Å². The number of halogens is 2. The van der Waals surface area contributed by atoms with Gasteiger partial charge >= 0.3 is 5.97 Å². The number of amides is 1. The summed E-state index contributed by atoms with van der Waals surface area (Å²) >= 11 is 3.29. The molecular weight excluding hydrogens is 411 g/mol. The molecule has 9 heteroatoms. The van der Waals surface area contributed by atoms with Crippen LogP contribution >= 0.6 is 15.9 Å². The molecule has 134 valence electrons. The Labute approximate surface area is 155 Å². The highest BCUT2D eigenvalue weighted by Gasteiger charge is 2.13. The van der Waals surface area contributed by atoms with Crippen molar-refractivity contribution in [3.63, 3.8) is 0 Å². The van der Waals surface area contributed by atoms with E-state index in [1.54, 1.807) is 18.2 Å². The van der Waals surface area contributed by atoms with Crippen LogP contribution in [0.5, 0.6) is 0 Å². The number of nitrogens with one attached hydrogen (secondary N) is 1. The average Bonchev–Trinajstić information content (AvgIpc) is 2.60. The molecule has 0 spiro atoms. The molecule has 0 fully saturated rings. The first-order chi connectivity index (χ1) is 12.3. The van der Waals surface area contributed by atoms with Gasteiger partial charge in [-0.05, 0) is 29.8 Å². The highest BCUT2D eigenvalue weighted by Crippen LogP contribution is 2.21. The molecule has 26 heavy (non-hydrogen) atoms. The van der Waals surface area contributed by atoms with Crippen molar-refractivity contribution in [2.75, 3.05) is 11.9 Å². The van der Waals surface area contributed by atoms with E-state index in [1.165, 1.54) is 6.08 Å². The molecule has 1 amide bonds. The van der Waals surface area contributed by atoms with Crippen LogP contribution in [-0.4, -0.2) is 23.4 Å². The lowest BCUT2D eigenvalue weighted by Crippen LogP contribution is -2.20. The Morgan fingerprint density at radius 3 is 2.73 bits per heavy atom. The lowest BCUT2D eigenvalue weighted by atomic mass is 10.2. The number of carbonyl (C=O) groups excluding carboxylic acids is 2. The van der Waals surface area contributed by atoms with Gasteiger partial charge in [-0.1, -0.05) is 28.1 Å². The molecule has 0 radical (unpaired) electrons. The molecule has 2 rings (SSSR count). The molecule has 0 aliphatic heterocycles. The zero-order valence-corrected chi connectivity index (χ0v) is 14.7. The number of carbonyl (C=O) groups is 2. The summed E-state index contributed by atoms with van der Waals surface area (Å²) in [6.07, 6.45) is 2.65. The van der Waals surface area contributed by atoms with Gasteiger partial charge in [-0.25, -0.2) is 9.18 Å². The molecule has 0 unspecified atom stereocenters. The maximum absolute atomic E-state index is 13.6. The SMILES string of the molecule is O=C(COC(=O)/C=C/c1cccc(Br)c1)Nc1cc([N+](=O)[O-])ccc1F. The Hall–Kier alpha value is -3.07. The normalized spacial score (nSPS) is 10.5. The molecule has 0 saturated carbocycles. The van der Waals surface area contributed by atoms with Gasteiger partial charge in [0.1, 0.15) is 5.82 Å². The number of nitro benzene ring substituents is 1. The van der Waals surface area contributed by atoms with E-state index in [9.17, 15) is 24.1 Å². The van der Waals surface area contributed by atoms with Crippen LogP contribution < -0.4 is 5.32 Å². The number of anilines is 1. The summed E-state index contributed by atoms with van der Waals surface area (Å²) in [4.78, 5) is 33.3. The second-order valence-electron chi connectivity index (χ2n) is 4.97. The minimum atomic E-state index is -0.843. The van der Waals surface area contributed by atoms with E-state index in [0.29, 0.717) is 0 Å². The fourth-order valence-electron chi connectivity index (χ4n) is 1.87. The first-order valence-corrected chi connectivity index (χ1v) is 7.98. The van der Waals surface area contributed by atoms with E-state index < -0.39 is 29.2 Å². The summed E-state index contributed by atoms with van der Waals surface area (Å²) in [6, 6.07) is 9.87. The van der Waals surface area contributed by atoms with Crippen molar-refractivity contribution >= 4 is 45.3 Å². The molecule has 2 aromatic rings. The number of rotatable bonds is 6. The third-order valence-corrected chi connectivity index (χ3v) is 3.53. The Balaban J connectivity index is 1.89. The number of esters is 1. The van der Waals surface area contributed by atoms with E-state index >= 15 is 0 Å². The van der Waals surface area contributed by atoms with E-state index in [4.69, 9.17) is 4.74 Å². The van der Waals surface area contributed by atoms with Crippen molar-refractivity contribution in [2.24, 2.45) is 0 Å². The molecular formula is C17H12BrFN2O5. The fraction of sp³-hybridized carbons (Fsp3) is 0.0588. The first-order valence-electron chi connectivity index (χ1n) is 7.19. The fourth-order valence-corrected chi connectivity index (χ4v) is 2.29. The number of nitro groups is 1. The summed E-state index contributed by atoms with van der Waals surface area (Å²) in [5.41, 5.74) is 0.0000181. The van der Waals surface area contributed by atoms with E-state index in [1.807, 2.05) is 6.07 Å². The van der Waals surface area contributed by atoms with E-state index in [-0.39, 0.29) is 11.4 Å². The van der Waals surface area contributed by atoms with Crippen LogP contribution in [0, 0.1) is 15.9 Å². The largest absolute Gasteiger partial charge is 0.452 e. The molecule has 0 atom stereocenters. The molecule has 1 N–H and O–H groups in total. The van der Waals surface area contributed by atoms with Crippen molar-refractivity contribution in [2.45, 2.75) is 0 Å². The van der Waals surface area contributed by atoms with Crippen LogP contribution in [0.15, 0.2) is 53.0 Å². The van der Waals surface area contributed by atoms with Crippen molar-refractivity contribution in [1.29, 1.82) is 0 Å². The number of nitrogens with zero attached hydrogens (tertiary/aromatic N) is 1. The predicted octanol–water partition coefficient (Wildman–Crippen LogP) is 3.69. The molecule has 0 aliphatic carbocycles. The second kappa shape index (κ2) is 8.86. The molecule has 7 nitrogen and oxygen atoms in total. The summed E-state index contributed by atoms with van der Waals surface area (Å²) in [7, 11) is 0. The van der Waals surface area contributed by atoms with Crippen LogP contribution in [0.1, 0.15) is 5.56 Å². The maximum atomic E-state index is 13.6.